The Bertz CT molecular complexity index is 3210. The van der Waals surface area contributed by atoms with Gasteiger partial charge in [-0.2, -0.15) is 11.1 Å². The van der Waals surface area contributed by atoms with Gasteiger partial charge in [-0.05, 0) is 111 Å². The Morgan fingerprint density at radius 3 is 1.23 bits per heavy atom. The van der Waals surface area contributed by atoms with Gasteiger partial charge in [0.2, 0.25) is 0 Å². The van der Waals surface area contributed by atoms with E-state index in [9.17, 15) is 59.7 Å². The summed E-state index contributed by atoms with van der Waals surface area (Å²) < 4.78 is 43.5. The van der Waals surface area contributed by atoms with Crippen molar-refractivity contribution in [2.75, 3.05) is 13.2 Å². The lowest BCUT2D eigenvalue weighted by molar-refractivity contribution is -0.345. The van der Waals surface area contributed by atoms with Crippen molar-refractivity contribution in [3.8, 4) is 0 Å². The molecule has 2 aromatic carbocycles. The zero-order chi connectivity index (χ0) is 69.4. The van der Waals surface area contributed by atoms with Gasteiger partial charge >= 0.3 is 23.9 Å². The van der Waals surface area contributed by atoms with Crippen molar-refractivity contribution in [2.45, 2.75) is 264 Å². The summed E-state index contributed by atoms with van der Waals surface area (Å²) in [5, 5.41) is 83.2. The molecule has 20 nitrogen and oxygen atoms in total. The lowest BCUT2D eigenvalue weighted by Crippen LogP contribution is -2.82. The Morgan fingerprint density at radius 1 is 0.564 bits per heavy atom. The molecule has 2 saturated heterocycles. The molecule has 6 aliphatic carbocycles. The van der Waals surface area contributed by atoms with Crippen molar-refractivity contribution < 1.29 is 97.4 Å². The van der Waals surface area contributed by atoms with Gasteiger partial charge in [-0.15, -0.1) is 0 Å². The van der Waals surface area contributed by atoms with Crippen LogP contribution in [-0.2, 0) is 52.0 Å². The number of ether oxygens (including phenoxy) is 6. The van der Waals surface area contributed by atoms with Crippen LogP contribution in [0.1, 0.15) is 165 Å². The quantitative estimate of drug-likeness (QED) is 0.0305. The third-order valence-corrected chi connectivity index (χ3v) is 34.9. The maximum atomic E-state index is 15.1. The summed E-state index contributed by atoms with van der Waals surface area (Å²) in [5.41, 5.74) is -11.9. The summed E-state index contributed by atoms with van der Waals surface area (Å²) in [6, 6.07) is 22.4. The van der Waals surface area contributed by atoms with E-state index in [0.717, 1.165) is 18.1 Å². The van der Waals surface area contributed by atoms with Gasteiger partial charge in [-0.25, -0.2) is 9.59 Å². The molecule has 524 valence electrons. The minimum absolute atomic E-state index is 0. The Hall–Kier alpha value is -4.54. The van der Waals surface area contributed by atoms with Crippen LogP contribution in [0.4, 0.5) is 0 Å². The van der Waals surface area contributed by atoms with E-state index in [4.69, 9.17) is 43.9 Å². The molecule has 7 N–H and O–H groups in total. The Morgan fingerprint density at radius 2 is 0.915 bits per heavy atom. The fourth-order valence-electron chi connectivity index (χ4n) is 17.5. The van der Waals surface area contributed by atoms with Crippen molar-refractivity contribution in [3.63, 3.8) is 0 Å². The highest BCUT2D eigenvalue weighted by Gasteiger charge is 2.80. The second-order valence-corrected chi connectivity index (χ2v) is 40.5. The second-order valence-electron chi connectivity index (χ2n) is 28.9. The highest BCUT2D eigenvalue weighted by molar-refractivity contribution is 7.20. The maximum Gasteiger partial charge on any atom is 0.338 e. The summed E-state index contributed by atoms with van der Waals surface area (Å²) in [5.74, 6) is -6.77. The largest absolute Gasteiger partial charge is 0.455 e. The average molecular weight is 1370 g/mol. The Kier molecular flexibility index (Phi) is 22.6. The molecule has 2 aromatic rings. The minimum atomic E-state index is -2.42. The highest BCUT2D eigenvalue weighted by Crippen LogP contribution is 2.67. The fraction of sp³-hybridized carbons (Fsp3) is 0.690. The SMILES string of the molecule is C.CC(=O)O[C@@]12CO[C@@H]1C[C@H](O)[C@@]1(C)C(=O)[C@H](O)C3=C(C)[C@@H](O)C[C@@](O)([C@@H](OC(=O)c4ccccc4)[C@H]21)C3(C)C.CC[Si](CC)(CC)O[C@H]1C[C@H]2OC[C@@]2(OC(C)=O)[C@H]2[C@H](OC(=O)c3ccccc3)[C@]3(O)C[C@H](O)C(C)=C([C@@H](O)C(=O)[C@]12C)C3(C)C.CC[Si](Cl)(CC)CC. The number of aliphatic hydroxyl groups excluding tert-OH is 5. The van der Waals surface area contributed by atoms with E-state index in [1.54, 1.807) is 97.0 Å². The molecule has 6 fully saturated rings. The van der Waals surface area contributed by atoms with Gasteiger partial charge < -0.3 is 68.6 Å². The molecule has 94 heavy (non-hydrogen) atoms. The van der Waals surface area contributed by atoms with Crippen LogP contribution in [-0.4, -0.2) is 184 Å². The number of halogens is 1. The number of carbonyl (C=O) groups is 6. The average Bonchev–Trinajstić information content (AvgIpc) is 0.677. The van der Waals surface area contributed by atoms with E-state index in [0.29, 0.717) is 11.1 Å². The zero-order valence-corrected chi connectivity index (χ0v) is 59.8. The van der Waals surface area contributed by atoms with Crippen LogP contribution in [0, 0.1) is 33.5 Å². The first-order valence-electron chi connectivity index (χ1n) is 33.2. The van der Waals surface area contributed by atoms with Gasteiger partial charge in [-0.3, -0.25) is 19.2 Å². The lowest BCUT2D eigenvalue weighted by Gasteiger charge is -2.68. The number of fused-ring (bicyclic) bond motifs is 10. The smallest absolute Gasteiger partial charge is 0.338 e. The standard InChI is InChI=1S/C35H50O10Si.C29H36O10.C6H15ClSi.CH4/c1-9-46(10-2,11-3)45-24-17-25-34(19-42-25,44-21(5)36)28-30(43-31(40)22-15-13-12-14-16-22)35(41)18-23(37)20(4)26(32(35,6)7)27(38)29(39)33(24,28)8;1-14-17(31)12-29(36)24(38-25(35)16-9-7-6-8-10-16)22-27(5,23(34)21(33)20(14)26(29,3)4)18(32)11-19-28(22,13-37-19)39-15(2)30;1-4-8(7,5-2)6-3;/h12-16,23-25,27-28,30,37-38,41H,9-11,17-19H2,1-8H3;6-10,17-19,21-22,24,31-33,36H,11-13H2,1-5H3;4-6H2,1-3H3;1H4/t23-,24-,25+,27+,28-,30-,33+,34-,35+;17-,18-,19+,21+,22-,24-,27+,28-,29+;;/m00../s1. The van der Waals surface area contributed by atoms with Crippen LogP contribution in [0.3, 0.4) is 0 Å². The van der Waals surface area contributed by atoms with Crippen molar-refractivity contribution in [2.24, 2.45) is 33.5 Å². The Labute approximate surface area is 561 Å². The molecule has 0 radical (unpaired) electrons. The first kappa shape index (κ1) is 76.8. The van der Waals surface area contributed by atoms with Crippen molar-refractivity contribution in [1.82, 2.24) is 0 Å². The van der Waals surface area contributed by atoms with Crippen molar-refractivity contribution in [1.29, 1.82) is 0 Å². The molecule has 0 aromatic heterocycles. The molecular weight excluding hydrogens is 1260 g/mol. The van der Waals surface area contributed by atoms with Crippen LogP contribution < -0.4 is 0 Å². The number of carbonyl (C=O) groups excluding carboxylic acids is 6. The number of benzene rings is 2. The van der Waals surface area contributed by atoms with Gasteiger partial charge in [0.05, 0.1) is 71.4 Å². The zero-order valence-electron chi connectivity index (χ0n) is 57.0. The van der Waals surface area contributed by atoms with E-state index in [1.807, 2.05) is 0 Å². The molecule has 0 spiro atoms. The molecule has 23 heteroatoms. The van der Waals surface area contributed by atoms with Crippen LogP contribution in [0.15, 0.2) is 83.0 Å². The topological polar surface area (TPSA) is 309 Å². The number of ketones is 2. The van der Waals surface area contributed by atoms with E-state index in [-0.39, 0.29) is 68.6 Å². The van der Waals surface area contributed by atoms with Gasteiger partial charge in [-0.1, -0.05) is 113 Å². The molecule has 2 aliphatic heterocycles. The number of hydrogen-bond donors (Lipinski definition) is 7. The summed E-state index contributed by atoms with van der Waals surface area (Å²) in [4.78, 5) is 82.2. The summed E-state index contributed by atoms with van der Waals surface area (Å²) in [7, 11) is -3.62. The molecule has 18 atom stereocenters. The first-order chi connectivity index (χ1) is 43.3. The van der Waals surface area contributed by atoms with Crippen LogP contribution in [0.25, 0.3) is 0 Å². The Balaban J connectivity index is 0.000000238. The number of hydrogen-bond acceptors (Lipinski definition) is 20. The monoisotopic (exact) mass is 1370 g/mol. The van der Waals surface area contributed by atoms with Crippen molar-refractivity contribution in [3.05, 3.63) is 94.1 Å². The third kappa shape index (κ3) is 12.1. The summed E-state index contributed by atoms with van der Waals surface area (Å²) in [6.07, 6.45) is -13.3. The third-order valence-electron chi connectivity index (χ3n) is 24.1. The van der Waals surface area contributed by atoms with Gasteiger partial charge in [0.25, 0.3) is 0 Å². The summed E-state index contributed by atoms with van der Waals surface area (Å²) >= 11 is 6.23. The molecular formula is C71H105ClO20Si2. The molecule has 8 aliphatic rings. The minimum Gasteiger partial charge on any atom is -0.455 e. The first-order valence-corrected chi connectivity index (χ1v) is 39.3. The maximum absolute atomic E-state index is 15.1. The number of rotatable bonds is 14. The number of esters is 4. The predicted molar refractivity (Wildman–Crippen MR) is 356 cm³/mol. The second kappa shape index (κ2) is 27.6. The van der Waals surface area contributed by atoms with Crippen LogP contribution in [0.5, 0.6) is 0 Å². The van der Waals surface area contributed by atoms with Crippen LogP contribution in [0.2, 0.25) is 36.3 Å². The van der Waals surface area contributed by atoms with Gasteiger partial charge in [0.15, 0.2) is 38.5 Å². The predicted octanol–water partition coefficient (Wildman–Crippen LogP) is 9.06. The van der Waals surface area contributed by atoms with Gasteiger partial charge in [0.1, 0.15) is 47.8 Å². The molecule has 4 bridgehead atoms. The molecule has 10 rings (SSSR count). The highest BCUT2D eigenvalue weighted by atomic mass is 35.6. The van der Waals surface area contributed by atoms with Crippen LogP contribution >= 0.6 is 11.1 Å². The normalized spacial score (nSPS) is 37.6. The summed E-state index contributed by atoms with van der Waals surface area (Å²) in [6.45, 7) is 28.0. The van der Waals surface area contributed by atoms with Gasteiger partial charge in [0, 0.05) is 50.4 Å². The lowest BCUT2D eigenvalue weighted by atomic mass is 9.44. The van der Waals surface area contributed by atoms with Crippen molar-refractivity contribution >= 4 is 62.2 Å². The van der Waals surface area contributed by atoms with E-state index in [1.165, 1.54) is 51.0 Å². The molecule has 0 unspecified atom stereocenters. The van der Waals surface area contributed by atoms with E-state index in [2.05, 4.69) is 41.5 Å². The number of Topliss-reactive ketones (excluding diaryl/α,β-unsaturated/α-hetero) is 2. The fourth-order valence-corrected chi connectivity index (χ4v) is 22.0. The van der Waals surface area contributed by atoms with E-state index < -0.39 is 168 Å². The molecule has 4 saturated carbocycles. The molecule has 0 amide bonds. The number of aliphatic hydroxyl groups is 7. The van der Waals surface area contributed by atoms with E-state index >= 15 is 4.79 Å². The molecule has 2 heterocycles.